The van der Waals surface area contributed by atoms with E-state index in [0.717, 1.165) is 18.4 Å². The molecule has 0 bridgehead atoms. The van der Waals surface area contributed by atoms with Crippen LogP contribution >= 0.6 is 0 Å². The summed E-state index contributed by atoms with van der Waals surface area (Å²) in [6.07, 6.45) is 2.27. The molecule has 1 aliphatic heterocycles. The lowest BCUT2D eigenvalue weighted by Crippen LogP contribution is -2.32. The molecule has 3 heterocycles. The topological polar surface area (TPSA) is 94.0 Å². The van der Waals surface area contributed by atoms with Gasteiger partial charge in [0.15, 0.2) is 15.5 Å². The maximum absolute atomic E-state index is 13.2. The van der Waals surface area contributed by atoms with E-state index < -0.39 is 9.84 Å². The number of fused-ring (bicyclic) bond motifs is 1. The summed E-state index contributed by atoms with van der Waals surface area (Å²) in [7, 11) is -3.09. The molecule has 1 fully saturated rings. The number of hydrogen-bond acceptors (Lipinski definition) is 5. The summed E-state index contributed by atoms with van der Waals surface area (Å²) in [6.45, 7) is 7.95. The highest BCUT2D eigenvalue weighted by Crippen LogP contribution is 2.32. The van der Waals surface area contributed by atoms with Crippen LogP contribution in [0.3, 0.4) is 0 Å². The first-order chi connectivity index (χ1) is 15.2. The monoisotopic (exact) mass is 454 g/mol. The van der Waals surface area contributed by atoms with Gasteiger partial charge >= 0.3 is 0 Å². The largest absolute Gasteiger partial charge is 0.350 e. The van der Waals surface area contributed by atoms with Crippen LogP contribution in [-0.2, 0) is 16.3 Å². The van der Waals surface area contributed by atoms with Gasteiger partial charge in [-0.05, 0) is 44.7 Å². The summed E-state index contributed by atoms with van der Waals surface area (Å²) in [5, 5.41) is 8.39. The summed E-state index contributed by atoms with van der Waals surface area (Å²) < 4.78 is 25.9. The first-order valence-electron chi connectivity index (χ1n) is 11.2. The molecule has 1 aliphatic rings. The molecule has 1 amide bonds. The van der Waals surface area contributed by atoms with Gasteiger partial charge in [0.05, 0.1) is 39.9 Å². The Morgan fingerprint density at radius 3 is 2.56 bits per heavy atom. The second kappa shape index (κ2) is 8.65. The van der Waals surface area contributed by atoms with Crippen molar-refractivity contribution in [3.63, 3.8) is 0 Å². The number of carbonyl (C=O) groups excluding carboxylic acids is 1. The molecule has 7 nitrogen and oxygen atoms in total. The number of nitrogens with zero attached hydrogens (tertiary/aromatic N) is 3. The smallest absolute Gasteiger partial charge is 0.252 e. The lowest BCUT2D eigenvalue weighted by atomic mass is 10.0. The van der Waals surface area contributed by atoms with Crippen molar-refractivity contribution < 1.29 is 13.2 Å². The van der Waals surface area contributed by atoms with E-state index in [1.807, 2.05) is 39.0 Å². The van der Waals surface area contributed by atoms with Crippen LogP contribution < -0.4 is 5.32 Å². The Morgan fingerprint density at radius 1 is 1.25 bits per heavy atom. The van der Waals surface area contributed by atoms with E-state index in [0.29, 0.717) is 34.4 Å². The van der Waals surface area contributed by atoms with Crippen molar-refractivity contribution in [3.05, 3.63) is 47.2 Å². The third kappa shape index (κ3) is 4.28. The van der Waals surface area contributed by atoms with E-state index >= 15 is 0 Å². The Kier molecular flexibility index (Phi) is 6.07. The molecule has 2 unspecified atom stereocenters. The number of pyridine rings is 1. The van der Waals surface area contributed by atoms with Gasteiger partial charge in [-0.3, -0.25) is 4.79 Å². The highest BCUT2D eigenvalue weighted by molar-refractivity contribution is 7.91. The molecular formula is C24H30N4O3S. The van der Waals surface area contributed by atoms with Crippen molar-refractivity contribution in [2.24, 2.45) is 0 Å². The molecule has 3 aromatic rings. The Morgan fingerprint density at radius 2 is 1.97 bits per heavy atom. The minimum atomic E-state index is -3.09. The van der Waals surface area contributed by atoms with E-state index in [1.165, 1.54) is 5.56 Å². The number of amides is 1. The van der Waals surface area contributed by atoms with Crippen molar-refractivity contribution in [2.45, 2.75) is 59.0 Å². The third-order valence-corrected chi connectivity index (χ3v) is 8.03. The number of nitrogens with one attached hydrogen (secondary N) is 1. The van der Waals surface area contributed by atoms with Crippen LogP contribution in [0.1, 0.15) is 61.3 Å². The zero-order valence-electron chi connectivity index (χ0n) is 19.1. The fraction of sp³-hybridized carbons (Fsp3) is 0.458. The third-order valence-electron chi connectivity index (χ3n) is 6.28. The highest BCUT2D eigenvalue weighted by Gasteiger charge is 2.32. The maximum Gasteiger partial charge on any atom is 0.252 e. The molecule has 1 aromatic carbocycles. The molecule has 0 saturated carbocycles. The number of carbonyl (C=O) groups is 1. The Hall–Kier alpha value is -2.74. The van der Waals surface area contributed by atoms with Gasteiger partial charge in [-0.1, -0.05) is 38.1 Å². The number of sulfone groups is 1. The fourth-order valence-electron chi connectivity index (χ4n) is 4.18. The molecule has 0 aliphatic carbocycles. The highest BCUT2D eigenvalue weighted by atomic mass is 32.2. The quantitative estimate of drug-likeness (QED) is 0.610. The summed E-state index contributed by atoms with van der Waals surface area (Å²) in [4.78, 5) is 18.1. The van der Waals surface area contributed by atoms with Crippen LogP contribution in [0.25, 0.3) is 22.3 Å². The number of aryl methyl sites for hydroxylation is 2. The molecule has 1 N–H and O–H groups in total. The SMILES string of the molecule is CCc1ccc(-c2cc(C(=O)NC(C)CC)c3c(C)nn(C4CCS(=O)(=O)C4)c3n2)cc1. The first kappa shape index (κ1) is 22.5. The lowest BCUT2D eigenvalue weighted by Gasteiger charge is -2.14. The molecule has 0 spiro atoms. The van der Waals surface area contributed by atoms with Crippen molar-refractivity contribution >= 4 is 26.8 Å². The summed E-state index contributed by atoms with van der Waals surface area (Å²) in [5.41, 5.74) is 4.58. The van der Waals surface area contributed by atoms with Crippen LogP contribution in [-0.4, -0.2) is 46.6 Å². The van der Waals surface area contributed by atoms with Crippen LogP contribution in [0.2, 0.25) is 0 Å². The predicted molar refractivity (Wildman–Crippen MR) is 127 cm³/mol. The van der Waals surface area contributed by atoms with Crippen molar-refractivity contribution in [3.8, 4) is 11.3 Å². The van der Waals surface area contributed by atoms with Crippen molar-refractivity contribution in [2.75, 3.05) is 11.5 Å². The number of rotatable bonds is 6. The van der Waals surface area contributed by atoms with Crippen LogP contribution in [0, 0.1) is 6.92 Å². The van der Waals surface area contributed by atoms with Gasteiger partial charge in [0.25, 0.3) is 5.91 Å². The van der Waals surface area contributed by atoms with Crippen molar-refractivity contribution in [1.29, 1.82) is 0 Å². The van der Waals surface area contributed by atoms with Gasteiger partial charge in [0.2, 0.25) is 0 Å². The molecule has 1 saturated heterocycles. The van der Waals surface area contributed by atoms with E-state index in [1.54, 1.807) is 4.68 Å². The van der Waals surface area contributed by atoms with Gasteiger partial charge in [-0.25, -0.2) is 18.1 Å². The number of aromatic nitrogens is 3. The lowest BCUT2D eigenvalue weighted by molar-refractivity contribution is 0.0941. The van der Waals surface area contributed by atoms with E-state index in [4.69, 9.17) is 4.98 Å². The van der Waals surface area contributed by atoms with Gasteiger partial charge in [-0.15, -0.1) is 0 Å². The second-order valence-electron chi connectivity index (χ2n) is 8.67. The second-order valence-corrected chi connectivity index (χ2v) is 10.9. The summed E-state index contributed by atoms with van der Waals surface area (Å²) in [5.74, 6) is 0.0339. The first-order valence-corrected chi connectivity index (χ1v) is 13.0. The van der Waals surface area contributed by atoms with Crippen LogP contribution in [0.5, 0.6) is 0 Å². The number of hydrogen-bond donors (Lipinski definition) is 1. The van der Waals surface area contributed by atoms with Gasteiger partial charge in [-0.2, -0.15) is 5.10 Å². The standard InChI is InChI=1S/C24H30N4O3S/c1-5-15(3)25-24(29)20-13-21(18-9-7-17(6-2)8-10-18)26-23-22(20)16(4)27-28(23)19-11-12-32(30,31)14-19/h7-10,13,15,19H,5-6,11-12,14H2,1-4H3,(H,25,29). The van der Waals surface area contributed by atoms with Gasteiger partial charge < -0.3 is 5.32 Å². The predicted octanol–water partition coefficient (Wildman–Crippen LogP) is 3.86. The maximum atomic E-state index is 13.2. The van der Waals surface area contributed by atoms with Crippen LogP contribution in [0.15, 0.2) is 30.3 Å². The van der Waals surface area contributed by atoms with E-state index in [9.17, 15) is 13.2 Å². The van der Waals surface area contributed by atoms with E-state index in [-0.39, 0.29) is 29.5 Å². The summed E-state index contributed by atoms with van der Waals surface area (Å²) in [6, 6.07) is 9.73. The summed E-state index contributed by atoms with van der Waals surface area (Å²) >= 11 is 0. The minimum absolute atomic E-state index is 0.0355. The van der Waals surface area contributed by atoms with E-state index in [2.05, 4.69) is 29.5 Å². The zero-order chi connectivity index (χ0) is 23.0. The minimum Gasteiger partial charge on any atom is -0.350 e. The Balaban J connectivity index is 1.90. The number of benzene rings is 1. The van der Waals surface area contributed by atoms with Gasteiger partial charge in [0, 0.05) is 11.6 Å². The normalized spacial score (nSPS) is 18.7. The Bertz CT molecular complexity index is 1260. The molecule has 2 aromatic heterocycles. The van der Waals surface area contributed by atoms with Crippen LogP contribution in [0.4, 0.5) is 0 Å². The molecule has 8 heteroatoms. The van der Waals surface area contributed by atoms with Gasteiger partial charge in [0.1, 0.15) is 0 Å². The zero-order valence-corrected chi connectivity index (χ0v) is 19.9. The Labute approximate surface area is 189 Å². The fourth-order valence-corrected chi connectivity index (χ4v) is 5.87. The molecule has 0 radical (unpaired) electrons. The molecule has 4 rings (SSSR count). The molecule has 32 heavy (non-hydrogen) atoms. The molecule has 170 valence electrons. The molecular weight excluding hydrogens is 424 g/mol. The average Bonchev–Trinajstić information content (AvgIpc) is 3.31. The average molecular weight is 455 g/mol. The van der Waals surface area contributed by atoms with Crippen molar-refractivity contribution in [1.82, 2.24) is 20.1 Å². The molecule has 2 atom stereocenters.